The molecule has 8 aromatic rings. The number of aromatic nitrogens is 4. The third-order valence-corrected chi connectivity index (χ3v) is 26.3. The largest absolute Gasteiger partial charge is 0.490 e. The number of esters is 2. The third kappa shape index (κ3) is 28.9. The molecule has 6 heterocycles. The van der Waals surface area contributed by atoms with Crippen LogP contribution < -0.4 is 37.9 Å². The van der Waals surface area contributed by atoms with E-state index in [1.165, 1.54) is 6.42 Å². The lowest BCUT2D eigenvalue weighted by molar-refractivity contribution is -0.139. The zero-order chi connectivity index (χ0) is 91.8. The van der Waals surface area contributed by atoms with Crippen LogP contribution in [-0.2, 0) is 19.1 Å². The Bertz CT molecular complexity index is 4910. The van der Waals surface area contributed by atoms with Gasteiger partial charge in [-0.2, -0.15) is 0 Å². The first-order chi connectivity index (χ1) is 63.0. The second-order valence-electron chi connectivity index (χ2n) is 36.5. The normalized spacial score (nSPS) is 13.3. The molecule has 0 aliphatic carbocycles. The predicted octanol–water partition coefficient (Wildman–Crippen LogP) is 31.0. The van der Waals surface area contributed by atoms with Gasteiger partial charge in [0.1, 0.15) is 0 Å². The van der Waals surface area contributed by atoms with E-state index in [1.54, 1.807) is 13.8 Å². The van der Waals surface area contributed by atoms with E-state index in [9.17, 15) is 9.59 Å². The molecule has 2 aliphatic heterocycles. The van der Waals surface area contributed by atoms with Crippen molar-refractivity contribution in [2.75, 3.05) is 66.1 Å². The maximum absolute atomic E-state index is 12.3. The van der Waals surface area contributed by atoms with E-state index in [-0.39, 0.29) is 11.9 Å². The van der Waals surface area contributed by atoms with Crippen LogP contribution in [-0.4, -0.2) is 97.0 Å². The lowest BCUT2D eigenvalue weighted by Gasteiger charge is -2.21. The molecule has 0 amide bonds. The summed E-state index contributed by atoms with van der Waals surface area (Å²) in [7, 11) is 0. The number of benzene rings is 4. The maximum atomic E-state index is 12.3. The molecule has 4 aromatic carbocycles. The Morgan fingerprint density at radius 2 is 0.512 bits per heavy atom. The summed E-state index contributed by atoms with van der Waals surface area (Å²) < 4.78 is 72.7. The summed E-state index contributed by atoms with van der Waals surface area (Å²) in [4.78, 5) is 36.5. The van der Waals surface area contributed by atoms with Crippen molar-refractivity contribution < 1.29 is 57.0 Å². The SMILES string of the molecule is C=C(C)C(=O)OCCCCCCOc1ccc(-c2c3nc(c(-c4ccc(OCC(CC)CCCC)c(OCC(CC)CCCC)c4)c4ccc5c(-c6ccc(OCC(CC)CCCC)c(OCC(CC)CCCCC)c6)c6nc(c(-c7ccc(OCC(CC)CCCC)c(OCC(CC)CCCC)c7)c7ccc2n7n45)C=C6)C=C3)cc1OCCCCCCOC(=O)C(=C)C. The molecule has 702 valence electrons. The number of unbranched alkanes of at least 4 members (excludes halogenated alkanes) is 13. The van der Waals surface area contributed by atoms with Crippen LogP contribution in [0.25, 0.3) is 90.9 Å². The van der Waals surface area contributed by atoms with Crippen molar-refractivity contribution in [2.24, 2.45) is 35.5 Å². The lowest BCUT2D eigenvalue weighted by atomic mass is 9.99. The Labute approximate surface area is 774 Å². The van der Waals surface area contributed by atoms with Crippen LogP contribution in [0.5, 0.6) is 46.0 Å². The van der Waals surface area contributed by atoms with Crippen molar-refractivity contribution in [3.63, 3.8) is 0 Å². The number of carbonyl (C=O) groups is 2. The summed E-state index contributed by atoms with van der Waals surface area (Å²) in [5.74, 6) is 7.11. The molecule has 0 fully saturated rings. The molecule has 0 N–H and O–H groups in total. The minimum absolute atomic E-state index is 0.331. The van der Waals surface area contributed by atoms with Crippen LogP contribution in [0.1, 0.15) is 332 Å². The number of nitrogens with zero attached hydrogens (tertiary/aromatic N) is 4. The lowest BCUT2D eigenvalue weighted by Crippen LogP contribution is -2.14. The van der Waals surface area contributed by atoms with E-state index in [4.69, 9.17) is 57.3 Å². The molecule has 2 aliphatic rings. The number of fused-ring (bicyclic) bond motifs is 4. The second-order valence-corrected chi connectivity index (χ2v) is 36.5. The summed E-state index contributed by atoms with van der Waals surface area (Å²) >= 11 is 0. The third-order valence-electron chi connectivity index (χ3n) is 26.3. The fourth-order valence-corrected chi connectivity index (χ4v) is 17.5. The van der Waals surface area contributed by atoms with Crippen LogP contribution in [0.4, 0.5) is 0 Å². The van der Waals surface area contributed by atoms with Crippen LogP contribution in [0.2, 0.25) is 0 Å². The van der Waals surface area contributed by atoms with Crippen molar-refractivity contribution in [3.05, 3.63) is 144 Å². The molecule has 16 nitrogen and oxygen atoms in total. The highest BCUT2D eigenvalue weighted by Crippen LogP contribution is 2.48. The zero-order valence-electron chi connectivity index (χ0n) is 81.5. The predicted molar refractivity (Wildman–Crippen MR) is 536 cm³/mol. The van der Waals surface area contributed by atoms with Gasteiger partial charge in [-0.05, 0) is 259 Å². The first-order valence-corrected chi connectivity index (χ1v) is 50.5. The van der Waals surface area contributed by atoms with E-state index >= 15 is 0 Å². The van der Waals surface area contributed by atoms with Crippen molar-refractivity contribution in [1.29, 1.82) is 0 Å². The molecule has 0 radical (unpaired) electrons. The topological polar surface area (TPSA) is 161 Å². The standard InChI is InChI=1S/C113H158N4O12/c1-17-29-39-49-87(28-12)79-129-107-73-91(53-65-103(107)126-76-84(25-9)46-32-20-4)111-95-57-56-94(115-95)110(90-52-64-102(125-75-83(24-8)45-31-19-3)106(72-90)128-78-86(27-11)48-34-22-6)97-59-58-96-108(88-50-62-100(120-66-40-35-37-42-68-122-112(118)80(13)14)104(70-88)121-67-41-36-38-43-69-123-113(119)81(15)16)92-54-55-93(114-92)109(98-60-61-99(111)117(98)116(96)97)89-51-63-101(124-74-82(23-7)44-30-18-2)105(71-89)127-77-85(26-10)47-33-21-5/h50-65,70-73,82-87H,13,15,17-49,66-69,74-79H2,1-12,14,16H3. The quantitative estimate of drug-likeness (QED) is 0.0201. The average molecular weight is 1760 g/mol. The van der Waals surface area contributed by atoms with Crippen molar-refractivity contribution in [1.82, 2.24) is 19.0 Å². The molecule has 6 unspecified atom stereocenters. The Kier molecular flexibility index (Phi) is 42.6. The molecule has 4 aromatic heterocycles. The van der Waals surface area contributed by atoms with E-state index in [0.717, 1.165) is 318 Å². The summed E-state index contributed by atoms with van der Waals surface area (Å²) in [5, 5.41) is 0. The highest BCUT2D eigenvalue weighted by atomic mass is 16.5. The van der Waals surface area contributed by atoms with Crippen LogP contribution >= 0.6 is 0 Å². The van der Waals surface area contributed by atoms with E-state index < -0.39 is 0 Å². The molecule has 6 atom stereocenters. The van der Waals surface area contributed by atoms with E-state index in [0.29, 0.717) is 136 Å². The Balaban J connectivity index is 1.32. The van der Waals surface area contributed by atoms with Gasteiger partial charge in [-0.1, -0.05) is 243 Å². The number of ether oxygens (including phenoxy) is 10. The summed E-state index contributed by atoms with van der Waals surface area (Å²) in [6.45, 7) is 43.2. The Morgan fingerprint density at radius 3 is 0.767 bits per heavy atom. The molecular formula is C113H158N4O12. The van der Waals surface area contributed by atoms with Crippen molar-refractivity contribution in [2.45, 2.75) is 309 Å². The van der Waals surface area contributed by atoms with Crippen molar-refractivity contribution >= 4 is 58.3 Å². The van der Waals surface area contributed by atoms with Crippen molar-refractivity contribution in [3.8, 4) is 90.5 Å². The molecule has 16 heteroatoms. The highest BCUT2D eigenvalue weighted by molar-refractivity contribution is 6.03. The molecule has 4 bridgehead atoms. The summed E-state index contributed by atoms with van der Waals surface area (Å²) in [6.07, 6.45) is 42.7. The zero-order valence-corrected chi connectivity index (χ0v) is 81.5. The molecule has 0 saturated heterocycles. The van der Waals surface area contributed by atoms with Gasteiger partial charge in [0.05, 0.1) is 111 Å². The molecule has 0 saturated carbocycles. The minimum atomic E-state index is -0.369. The highest BCUT2D eigenvalue weighted by Gasteiger charge is 2.29. The number of rotatable bonds is 65. The number of hydrogen-bond acceptors (Lipinski definition) is 14. The smallest absolute Gasteiger partial charge is 0.333 e. The molecule has 10 rings (SSSR count). The molecule has 129 heavy (non-hydrogen) atoms. The fraction of sp³-hybridized carbons (Fsp3) is 0.558. The minimum Gasteiger partial charge on any atom is -0.490 e. The first kappa shape index (κ1) is 101. The molecular weight excluding hydrogens is 1610 g/mol. The summed E-state index contributed by atoms with van der Waals surface area (Å²) in [5.41, 5.74) is 14.6. The number of carbonyl (C=O) groups excluding carboxylic acids is 2. The summed E-state index contributed by atoms with van der Waals surface area (Å²) in [6, 6.07) is 35.3. The van der Waals surface area contributed by atoms with Gasteiger partial charge >= 0.3 is 11.9 Å². The van der Waals surface area contributed by atoms with Gasteiger partial charge in [0.25, 0.3) is 0 Å². The van der Waals surface area contributed by atoms with Gasteiger partial charge in [0.2, 0.25) is 0 Å². The van der Waals surface area contributed by atoms with Crippen LogP contribution in [0, 0.1) is 35.5 Å². The van der Waals surface area contributed by atoms with Gasteiger partial charge in [-0.3, -0.25) is 0 Å². The molecule has 0 spiro atoms. The fourth-order valence-electron chi connectivity index (χ4n) is 17.5. The average Bonchev–Trinajstić information content (AvgIpc) is 1.62. The number of hydrogen-bond donors (Lipinski definition) is 0. The van der Waals surface area contributed by atoms with Gasteiger partial charge < -0.3 is 47.4 Å². The van der Waals surface area contributed by atoms with Crippen LogP contribution in [0.3, 0.4) is 0 Å². The second kappa shape index (κ2) is 54.2. The van der Waals surface area contributed by atoms with Gasteiger partial charge in [-0.15, -0.1) is 0 Å². The monoisotopic (exact) mass is 1760 g/mol. The van der Waals surface area contributed by atoms with E-state index in [2.05, 4.69) is 227 Å². The van der Waals surface area contributed by atoms with Gasteiger partial charge in [-0.25, -0.2) is 28.6 Å². The Morgan fingerprint density at radius 1 is 0.279 bits per heavy atom. The van der Waals surface area contributed by atoms with E-state index in [1.807, 2.05) is 0 Å². The van der Waals surface area contributed by atoms with Crippen LogP contribution in [0.15, 0.2) is 121 Å². The van der Waals surface area contributed by atoms with Gasteiger partial charge in [0, 0.05) is 33.4 Å². The van der Waals surface area contributed by atoms with Gasteiger partial charge in [0.15, 0.2) is 46.0 Å². The first-order valence-electron chi connectivity index (χ1n) is 50.5. The maximum Gasteiger partial charge on any atom is 0.333 e. The Hall–Kier alpha value is -9.70.